The Morgan fingerprint density at radius 1 is 1.63 bits per heavy atom. The summed E-state index contributed by atoms with van der Waals surface area (Å²) in [6.45, 7) is 2.13. The molecule has 1 aromatic rings. The standard InChI is InChI=1S/C11H14N4O3S/c1-3-18-10-5-4-8(6-9(10)15(16)17)7-13-14-11(19)12-2/h4-7H,3H2,1-2H3,(H2,12,14,19)/b13-7+. The van der Waals surface area contributed by atoms with E-state index in [4.69, 9.17) is 17.0 Å². The maximum atomic E-state index is 10.9. The SMILES string of the molecule is CCOc1ccc(/C=N/NC(=S)NC)cc1[N+](=O)[O-]. The highest BCUT2D eigenvalue weighted by molar-refractivity contribution is 7.80. The van der Waals surface area contributed by atoms with Crippen LogP contribution in [0.2, 0.25) is 0 Å². The summed E-state index contributed by atoms with van der Waals surface area (Å²) in [5.74, 6) is 0.239. The number of ether oxygens (including phenoxy) is 1. The van der Waals surface area contributed by atoms with Gasteiger partial charge in [0.2, 0.25) is 0 Å². The number of benzene rings is 1. The Kier molecular flexibility index (Phi) is 5.68. The lowest BCUT2D eigenvalue weighted by atomic mass is 10.2. The first-order valence-corrected chi connectivity index (χ1v) is 5.91. The predicted octanol–water partition coefficient (Wildman–Crippen LogP) is 1.42. The summed E-state index contributed by atoms with van der Waals surface area (Å²) in [5.41, 5.74) is 3.03. The number of hydrogen-bond donors (Lipinski definition) is 2. The van der Waals surface area contributed by atoms with Gasteiger partial charge in [-0.1, -0.05) is 0 Å². The number of nitrogens with zero attached hydrogens (tertiary/aromatic N) is 2. The lowest BCUT2D eigenvalue weighted by Crippen LogP contribution is -2.28. The Bertz CT molecular complexity index is 505. The van der Waals surface area contributed by atoms with Gasteiger partial charge >= 0.3 is 5.69 Å². The van der Waals surface area contributed by atoms with Crippen LogP contribution in [0.5, 0.6) is 5.75 Å². The molecule has 0 radical (unpaired) electrons. The number of rotatable bonds is 5. The molecule has 0 aliphatic heterocycles. The van der Waals surface area contributed by atoms with Gasteiger partial charge in [0.1, 0.15) is 0 Å². The lowest BCUT2D eigenvalue weighted by molar-refractivity contribution is -0.385. The van der Waals surface area contributed by atoms with Gasteiger partial charge in [-0.05, 0) is 31.3 Å². The van der Waals surface area contributed by atoms with Gasteiger partial charge in [0, 0.05) is 18.7 Å². The highest BCUT2D eigenvalue weighted by atomic mass is 32.1. The van der Waals surface area contributed by atoms with Crippen LogP contribution in [0.25, 0.3) is 0 Å². The third-order valence-corrected chi connectivity index (χ3v) is 2.38. The molecule has 0 bridgehead atoms. The maximum Gasteiger partial charge on any atom is 0.311 e. The fraction of sp³-hybridized carbons (Fsp3) is 0.273. The zero-order valence-electron chi connectivity index (χ0n) is 10.5. The number of hydrogen-bond acceptors (Lipinski definition) is 5. The molecule has 19 heavy (non-hydrogen) atoms. The van der Waals surface area contributed by atoms with Gasteiger partial charge in [-0.2, -0.15) is 5.10 Å². The summed E-state index contributed by atoms with van der Waals surface area (Å²) in [6.07, 6.45) is 1.44. The molecule has 0 aliphatic carbocycles. The van der Waals surface area contributed by atoms with Crippen molar-refractivity contribution in [2.24, 2.45) is 5.10 Å². The van der Waals surface area contributed by atoms with Crippen LogP contribution >= 0.6 is 12.2 Å². The van der Waals surface area contributed by atoms with Crippen LogP contribution in [-0.4, -0.2) is 29.9 Å². The van der Waals surface area contributed by atoms with E-state index in [1.54, 1.807) is 26.1 Å². The fourth-order valence-electron chi connectivity index (χ4n) is 1.26. The summed E-state index contributed by atoms with van der Waals surface area (Å²) >= 11 is 4.83. The zero-order valence-corrected chi connectivity index (χ0v) is 11.4. The molecule has 0 spiro atoms. The van der Waals surface area contributed by atoms with Gasteiger partial charge in [-0.3, -0.25) is 15.5 Å². The molecule has 0 amide bonds. The van der Waals surface area contributed by atoms with E-state index in [-0.39, 0.29) is 11.4 Å². The molecule has 0 heterocycles. The molecule has 102 valence electrons. The Morgan fingerprint density at radius 2 is 2.37 bits per heavy atom. The Labute approximate surface area is 115 Å². The summed E-state index contributed by atoms with van der Waals surface area (Å²) in [7, 11) is 1.66. The molecule has 1 aromatic carbocycles. The number of nitro benzene ring substituents is 1. The highest BCUT2D eigenvalue weighted by Gasteiger charge is 2.14. The van der Waals surface area contributed by atoms with E-state index in [0.29, 0.717) is 17.3 Å². The molecule has 0 unspecified atom stereocenters. The summed E-state index contributed by atoms with van der Waals surface area (Å²) < 4.78 is 5.18. The second-order valence-corrected chi connectivity index (χ2v) is 3.77. The van der Waals surface area contributed by atoms with Crippen LogP contribution in [0.4, 0.5) is 5.69 Å². The Hall–Kier alpha value is -2.22. The minimum atomic E-state index is -0.492. The van der Waals surface area contributed by atoms with Gasteiger partial charge in [-0.25, -0.2) is 0 Å². The maximum absolute atomic E-state index is 10.9. The summed E-state index contributed by atoms with van der Waals surface area (Å²) in [5, 5.41) is 17.8. The molecule has 0 saturated carbocycles. The van der Waals surface area contributed by atoms with E-state index in [2.05, 4.69) is 15.8 Å². The molecule has 0 aromatic heterocycles. The largest absolute Gasteiger partial charge is 0.487 e. The number of nitrogens with one attached hydrogen (secondary N) is 2. The third kappa shape index (κ3) is 4.51. The average molecular weight is 282 g/mol. The zero-order chi connectivity index (χ0) is 14.3. The van der Waals surface area contributed by atoms with Crippen molar-refractivity contribution in [3.05, 3.63) is 33.9 Å². The second-order valence-electron chi connectivity index (χ2n) is 3.37. The molecule has 0 saturated heterocycles. The van der Waals surface area contributed by atoms with E-state index >= 15 is 0 Å². The molecule has 0 aliphatic rings. The molecular formula is C11H14N4O3S. The van der Waals surface area contributed by atoms with Crippen molar-refractivity contribution in [2.45, 2.75) is 6.92 Å². The van der Waals surface area contributed by atoms with E-state index < -0.39 is 4.92 Å². The van der Waals surface area contributed by atoms with E-state index in [1.165, 1.54) is 12.3 Å². The van der Waals surface area contributed by atoms with Crippen molar-refractivity contribution in [1.82, 2.24) is 10.7 Å². The highest BCUT2D eigenvalue weighted by Crippen LogP contribution is 2.27. The van der Waals surface area contributed by atoms with E-state index in [9.17, 15) is 10.1 Å². The summed E-state index contributed by atoms with van der Waals surface area (Å²) in [6, 6.07) is 4.60. The topological polar surface area (TPSA) is 88.8 Å². The average Bonchev–Trinajstić information content (AvgIpc) is 2.40. The molecule has 0 fully saturated rings. The molecule has 1 rings (SSSR count). The van der Waals surface area contributed by atoms with E-state index in [1.807, 2.05) is 0 Å². The first kappa shape index (κ1) is 14.8. The van der Waals surface area contributed by atoms with Crippen molar-refractivity contribution in [3.8, 4) is 5.75 Å². The van der Waals surface area contributed by atoms with Crippen molar-refractivity contribution in [2.75, 3.05) is 13.7 Å². The third-order valence-electron chi connectivity index (χ3n) is 2.09. The van der Waals surface area contributed by atoms with Gasteiger partial charge in [-0.15, -0.1) is 0 Å². The number of hydrazone groups is 1. The second kappa shape index (κ2) is 7.27. The van der Waals surface area contributed by atoms with Crippen molar-refractivity contribution in [3.63, 3.8) is 0 Å². The first-order chi connectivity index (χ1) is 9.08. The predicted molar refractivity (Wildman–Crippen MR) is 76.7 cm³/mol. The molecule has 7 nitrogen and oxygen atoms in total. The summed E-state index contributed by atoms with van der Waals surface area (Å²) in [4.78, 5) is 10.4. The molecule has 8 heteroatoms. The minimum absolute atomic E-state index is 0.0954. The monoisotopic (exact) mass is 282 g/mol. The van der Waals surface area contributed by atoms with Gasteiger partial charge in [0.25, 0.3) is 0 Å². The van der Waals surface area contributed by atoms with Crippen LogP contribution in [-0.2, 0) is 0 Å². The Morgan fingerprint density at radius 3 is 2.95 bits per heavy atom. The lowest BCUT2D eigenvalue weighted by Gasteiger charge is -2.04. The van der Waals surface area contributed by atoms with Crippen LogP contribution in [0.15, 0.2) is 23.3 Å². The van der Waals surface area contributed by atoms with Gasteiger partial charge in [0.15, 0.2) is 10.9 Å². The molecule has 2 N–H and O–H groups in total. The number of nitro groups is 1. The van der Waals surface area contributed by atoms with Crippen molar-refractivity contribution in [1.29, 1.82) is 0 Å². The minimum Gasteiger partial charge on any atom is -0.487 e. The van der Waals surface area contributed by atoms with Gasteiger partial charge in [0.05, 0.1) is 17.7 Å². The van der Waals surface area contributed by atoms with Crippen LogP contribution in [0, 0.1) is 10.1 Å². The first-order valence-electron chi connectivity index (χ1n) is 5.50. The molecular weight excluding hydrogens is 268 g/mol. The van der Waals surface area contributed by atoms with Crippen molar-refractivity contribution >= 4 is 29.2 Å². The smallest absolute Gasteiger partial charge is 0.311 e. The van der Waals surface area contributed by atoms with Crippen LogP contribution in [0.1, 0.15) is 12.5 Å². The van der Waals surface area contributed by atoms with Crippen molar-refractivity contribution < 1.29 is 9.66 Å². The fourth-order valence-corrected chi connectivity index (χ4v) is 1.31. The van der Waals surface area contributed by atoms with E-state index in [0.717, 1.165) is 0 Å². The van der Waals surface area contributed by atoms with Gasteiger partial charge < -0.3 is 10.1 Å². The normalized spacial score (nSPS) is 10.2. The molecule has 0 atom stereocenters. The quantitative estimate of drug-likeness (QED) is 0.367. The Balaban J connectivity index is 2.89. The van der Waals surface area contributed by atoms with Crippen LogP contribution in [0.3, 0.4) is 0 Å². The number of thiocarbonyl (C=S) groups is 1. The van der Waals surface area contributed by atoms with Crippen LogP contribution < -0.4 is 15.5 Å².